The molecular weight excluding hydrogens is 184 g/mol. The van der Waals surface area contributed by atoms with E-state index in [1.54, 1.807) is 0 Å². The van der Waals surface area contributed by atoms with Gasteiger partial charge in [-0.1, -0.05) is 30.7 Å². The molecular formula is C11H15ClO. The van der Waals surface area contributed by atoms with E-state index in [9.17, 15) is 0 Å². The van der Waals surface area contributed by atoms with Gasteiger partial charge in [-0.3, -0.25) is 0 Å². The molecule has 0 bridgehead atoms. The first-order chi connectivity index (χ1) is 6.13. The van der Waals surface area contributed by atoms with Crippen molar-refractivity contribution < 1.29 is 5.11 Å². The summed E-state index contributed by atoms with van der Waals surface area (Å²) in [5.74, 6) is 0.304. The van der Waals surface area contributed by atoms with Gasteiger partial charge in [-0.25, -0.2) is 0 Å². The number of hydrogen-bond donors (Lipinski definition) is 1. The van der Waals surface area contributed by atoms with Crippen LogP contribution < -0.4 is 0 Å². The number of benzene rings is 1. The van der Waals surface area contributed by atoms with Gasteiger partial charge in [0.25, 0.3) is 0 Å². The van der Waals surface area contributed by atoms with Crippen molar-refractivity contribution in [1.29, 1.82) is 0 Å². The molecule has 2 heteroatoms. The highest BCUT2D eigenvalue weighted by Crippen LogP contribution is 2.18. The average Bonchev–Trinajstić information content (AvgIpc) is 2.11. The lowest BCUT2D eigenvalue weighted by Crippen LogP contribution is -2.04. The van der Waals surface area contributed by atoms with Crippen LogP contribution in [0.1, 0.15) is 18.1 Å². The highest BCUT2D eigenvalue weighted by molar-refractivity contribution is 6.31. The van der Waals surface area contributed by atoms with E-state index in [0.717, 1.165) is 17.0 Å². The fraction of sp³-hybridized carbons (Fsp3) is 0.455. The van der Waals surface area contributed by atoms with E-state index >= 15 is 0 Å². The van der Waals surface area contributed by atoms with Gasteiger partial charge in [0.15, 0.2) is 0 Å². The minimum atomic E-state index is 0.228. The van der Waals surface area contributed by atoms with Crippen LogP contribution in [0.5, 0.6) is 0 Å². The molecule has 1 aromatic rings. The van der Waals surface area contributed by atoms with Gasteiger partial charge < -0.3 is 5.11 Å². The van der Waals surface area contributed by atoms with Gasteiger partial charge in [0.05, 0.1) is 0 Å². The monoisotopic (exact) mass is 198 g/mol. The zero-order valence-corrected chi connectivity index (χ0v) is 8.80. The summed E-state index contributed by atoms with van der Waals surface area (Å²) < 4.78 is 0. The summed E-state index contributed by atoms with van der Waals surface area (Å²) in [6, 6.07) is 6.05. The van der Waals surface area contributed by atoms with Crippen molar-refractivity contribution in [1.82, 2.24) is 0 Å². The van der Waals surface area contributed by atoms with Crippen molar-refractivity contribution in [3.05, 3.63) is 34.3 Å². The zero-order valence-electron chi connectivity index (χ0n) is 8.05. The lowest BCUT2D eigenvalue weighted by molar-refractivity contribution is 0.237. The van der Waals surface area contributed by atoms with Gasteiger partial charge in [-0.15, -0.1) is 0 Å². The van der Waals surface area contributed by atoms with Crippen LogP contribution in [0.3, 0.4) is 0 Å². The SMILES string of the molecule is Cc1ccc(CC(C)CO)cc1Cl. The summed E-state index contributed by atoms with van der Waals surface area (Å²) in [6.45, 7) is 4.24. The summed E-state index contributed by atoms with van der Waals surface area (Å²) in [4.78, 5) is 0. The van der Waals surface area contributed by atoms with Crippen LogP contribution in [0.25, 0.3) is 0 Å². The van der Waals surface area contributed by atoms with Crippen molar-refractivity contribution >= 4 is 11.6 Å². The molecule has 1 unspecified atom stereocenters. The van der Waals surface area contributed by atoms with Crippen LogP contribution in [0.4, 0.5) is 0 Å². The molecule has 0 heterocycles. The van der Waals surface area contributed by atoms with Gasteiger partial charge in [-0.05, 0) is 36.5 Å². The summed E-state index contributed by atoms with van der Waals surface area (Å²) >= 11 is 5.98. The van der Waals surface area contributed by atoms with E-state index in [0.29, 0.717) is 5.92 Å². The van der Waals surface area contributed by atoms with Gasteiger partial charge in [0.2, 0.25) is 0 Å². The van der Waals surface area contributed by atoms with E-state index in [2.05, 4.69) is 6.07 Å². The number of aryl methyl sites for hydroxylation is 1. The zero-order chi connectivity index (χ0) is 9.84. The van der Waals surface area contributed by atoms with Gasteiger partial charge >= 0.3 is 0 Å². The molecule has 1 rings (SSSR count). The normalized spacial score (nSPS) is 12.9. The molecule has 0 aromatic heterocycles. The lowest BCUT2D eigenvalue weighted by atomic mass is 10.0. The minimum absolute atomic E-state index is 0.228. The fourth-order valence-electron chi connectivity index (χ4n) is 1.23. The quantitative estimate of drug-likeness (QED) is 0.792. The highest BCUT2D eigenvalue weighted by Gasteiger charge is 2.03. The Balaban J connectivity index is 2.73. The number of aliphatic hydroxyl groups excluding tert-OH is 1. The van der Waals surface area contributed by atoms with Crippen molar-refractivity contribution in [2.24, 2.45) is 5.92 Å². The van der Waals surface area contributed by atoms with Gasteiger partial charge in [0, 0.05) is 11.6 Å². The van der Waals surface area contributed by atoms with Crippen molar-refractivity contribution in [2.75, 3.05) is 6.61 Å². The van der Waals surface area contributed by atoms with E-state index in [1.807, 2.05) is 26.0 Å². The Kier molecular flexibility index (Phi) is 3.76. The maximum Gasteiger partial charge on any atom is 0.0459 e. The molecule has 1 atom stereocenters. The fourth-order valence-corrected chi connectivity index (χ4v) is 1.43. The molecule has 0 spiro atoms. The standard InChI is InChI=1S/C11H15ClO/c1-8(7-13)5-10-4-3-9(2)11(12)6-10/h3-4,6,8,13H,5,7H2,1-2H3. The minimum Gasteiger partial charge on any atom is -0.396 e. The van der Waals surface area contributed by atoms with Crippen LogP contribution in [0.2, 0.25) is 5.02 Å². The van der Waals surface area contributed by atoms with Crippen molar-refractivity contribution in [3.63, 3.8) is 0 Å². The molecule has 0 aliphatic heterocycles. The summed E-state index contributed by atoms with van der Waals surface area (Å²) in [7, 11) is 0. The Morgan fingerprint density at radius 2 is 2.15 bits per heavy atom. The smallest absolute Gasteiger partial charge is 0.0459 e. The Morgan fingerprint density at radius 3 is 2.69 bits per heavy atom. The molecule has 1 N–H and O–H groups in total. The van der Waals surface area contributed by atoms with E-state index in [4.69, 9.17) is 16.7 Å². The topological polar surface area (TPSA) is 20.2 Å². The maximum atomic E-state index is 8.89. The third-order valence-electron chi connectivity index (χ3n) is 2.13. The predicted octanol–water partition coefficient (Wildman–Crippen LogP) is 2.82. The Bertz CT molecular complexity index is 283. The largest absolute Gasteiger partial charge is 0.396 e. The number of aliphatic hydroxyl groups is 1. The Hall–Kier alpha value is -0.530. The molecule has 1 aromatic carbocycles. The second-order valence-corrected chi connectivity index (χ2v) is 3.98. The van der Waals surface area contributed by atoms with E-state index in [-0.39, 0.29) is 6.61 Å². The summed E-state index contributed by atoms with van der Waals surface area (Å²) in [5.41, 5.74) is 2.29. The molecule has 0 saturated carbocycles. The lowest BCUT2D eigenvalue weighted by Gasteiger charge is -2.08. The van der Waals surface area contributed by atoms with Crippen LogP contribution >= 0.6 is 11.6 Å². The third kappa shape index (κ3) is 3.02. The third-order valence-corrected chi connectivity index (χ3v) is 2.54. The highest BCUT2D eigenvalue weighted by atomic mass is 35.5. The van der Waals surface area contributed by atoms with Crippen LogP contribution in [0.15, 0.2) is 18.2 Å². The molecule has 0 aliphatic carbocycles. The second kappa shape index (κ2) is 4.64. The predicted molar refractivity (Wildman–Crippen MR) is 56.1 cm³/mol. The first-order valence-electron chi connectivity index (χ1n) is 4.49. The van der Waals surface area contributed by atoms with Gasteiger partial charge in [-0.2, -0.15) is 0 Å². The second-order valence-electron chi connectivity index (χ2n) is 3.58. The van der Waals surface area contributed by atoms with E-state index < -0.39 is 0 Å². The maximum absolute atomic E-state index is 8.89. The first kappa shape index (κ1) is 10.6. The van der Waals surface area contributed by atoms with Gasteiger partial charge in [0.1, 0.15) is 0 Å². The number of halogens is 1. The first-order valence-corrected chi connectivity index (χ1v) is 4.87. The molecule has 13 heavy (non-hydrogen) atoms. The Morgan fingerprint density at radius 1 is 1.46 bits per heavy atom. The van der Waals surface area contributed by atoms with Crippen LogP contribution in [-0.4, -0.2) is 11.7 Å². The summed E-state index contributed by atoms with van der Waals surface area (Å²) in [5, 5.41) is 9.69. The molecule has 0 aliphatic rings. The summed E-state index contributed by atoms with van der Waals surface area (Å²) in [6.07, 6.45) is 0.885. The number of hydrogen-bond acceptors (Lipinski definition) is 1. The molecule has 72 valence electrons. The molecule has 1 nitrogen and oxygen atoms in total. The number of rotatable bonds is 3. The Labute approximate surface area is 84.4 Å². The average molecular weight is 199 g/mol. The molecule has 0 saturated heterocycles. The molecule has 0 radical (unpaired) electrons. The van der Waals surface area contributed by atoms with E-state index in [1.165, 1.54) is 5.56 Å². The van der Waals surface area contributed by atoms with Crippen molar-refractivity contribution in [3.8, 4) is 0 Å². The molecule has 0 amide bonds. The van der Waals surface area contributed by atoms with Crippen molar-refractivity contribution in [2.45, 2.75) is 20.3 Å². The van der Waals surface area contributed by atoms with Crippen LogP contribution in [0, 0.1) is 12.8 Å². The van der Waals surface area contributed by atoms with Crippen LogP contribution in [-0.2, 0) is 6.42 Å². The molecule has 0 fully saturated rings.